The van der Waals surface area contributed by atoms with Crippen molar-refractivity contribution in [3.05, 3.63) is 29.8 Å². The summed E-state index contributed by atoms with van der Waals surface area (Å²) in [6.07, 6.45) is 4.78. The summed E-state index contributed by atoms with van der Waals surface area (Å²) in [5.74, 6) is -0.164. The monoisotopic (exact) mass is 523 g/mol. The van der Waals surface area contributed by atoms with Crippen LogP contribution in [0.1, 0.15) is 85.3 Å². The summed E-state index contributed by atoms with van der Waals surface area (Å²) in [5, 5.41) is 16.4. The molecule has 36 heavy (non-hydrogen) atoms. The number of phenolic OH excluding ortho intramolecular Hbond substituents is 1. The van der Waals surface area contributed by atoms with Crippen LogP contribution in [0.4, 0.5) is 4.79 Å². The lowest BCUT2D eigenvalue weighted by molar-refractivity contribution is -0.143. The van der Waals surface area contributed by atoms with E-state index in [-0.39, 0.29) is 23.6 Å². The van der Waals surface area contributed by atoms with Gasteiger partial charge in [-0.25, -0.2) is 4.79 Å². The van der Waals surface area contributed by atoms with Crippen molar-refractivity contribution < 1.29 is 24.2 Å². The van der Waals surface area contributed by atoms with Gasteiger partial charge in [-0.2, -0.15) is 11.8 Å². The molecule has 1 rings (SSSR count). The number of carbonyl (C=O) groups excluding carboxylic acids is 3. The molecule has 0 fully saturated rings. The largest absolute Gasteiger partial charge is 0.508 e. The number of para-hydroxylation sites is 1. The Morgan fingerprint density at radius 2 is 1.75 bits per heavy atom. The lowest BCUT2D eigenvalue weighted by Crippen LogP contribution is -2.54. The summed E-state index contributed by atoms with van der Waals surface area (Å²) in [6, 6.07) is 4.58. The van der Waals surface area contributed by atoms with Crippen molar-refractivity contribution in [2.24, 2.45) is 0 Å². The van der Waals surface area contributed by atoms with Gasteiger partial charge in [-0.3, -0.25) is 9.59 Å². The first-order chi connectivity index (χ1) is 16.9. The van der Waals surface area contributed by atoms with E-state index in [1.165, 1.54) is 11.0 Å². The van der Waals surface area contributed by atoms with Crippen LogP contribution >= 0.6 is 11.8 Å². The fraction of sp³-hybridized carbons (Fsp3) is 0.667. The average Bonchev–Trinajstić information content (AvgIpc) is 2.78. The number of carbonyl (C=O) groups is 3. The van der Waals surface area contributed by atoms with Gasteiger partial charge in [0.1, 0.15) is 23.4 Å². The van der Waals surface area contributed by atoms with Gasteiger partial charge >= 0.3 is 6.09 Å². The maximum absolute atomic E-state index is 14.0. The van der Waals surface area contributed by atoms with Gasteiger partial charge in [0.05, 0.1) is 0 Å². The van der Waals surface area contributed by atoms with Crippen LogP contribution in [0.15, 0.2) is 24.3 Å². The highest BCUT2D eigenvalue weighted by atomic mass is 32.2. The third kappa shape index (κ3) is 10.7. The summed E-state index contributed by atoms with van der Waals surface area (Å²) < 4.78 is 5.40. The summed E-state index contributed by atoms with van der Waals surface area (Å²) in [4.78, 5) is 41.7. The predicted molar refractivity (Wildman–Crippen MR) is 146 cm³/mol. The maximum Gasteiger partial charge on any atom is 0.408 e. The number of thioether (sulfide) groups is 1. The second-order valence-electron chi connectivity index (χ2n) is 10.0. The van der Waals surface area contributed by atoms with Crippen LogP contribution in [-0.2, 0) is 14.3 Å². The zero-order valence-corrected chi connectivity index (χ0v) is 23.7. The number of benzene rings is 1. The van der Waals surface area contributed by atoms with Gasteiger partial charge in [0.25, 0.3) is 0 Å². The SMILES string of the molecule is CCCCN(C(=O)C(CCSC)NC(=O)OC(C)(C)C)C(C(=O)NC(C)CCC)c1ccccc1O. The topological polar surface area (TPSA) is 108 Å². The van der Waals surface area contributed by atoms with Crippen molar-refractivity contribution in [2.45, 2.75) is 97.4 Å². The normalized spacial score (nSPS) is 13.9. The van der Waals surface area contributed by atoms with E-state index in [0.717, 1.165) is 19.3 Å². The molecular formula is C27H45N3O5S. The minimum atomic E-state index is -1.04. The Morgan fingerprint density at radius 3 is 2.31 bits per heavy atom. The molecule has 9 heteroatoms. The minimum absolute atomic E-state index is 0.0594. The quantitative estimate of drug-likeness (QED) is 0.316. The standard InChI is InChI=1S/C27H45N3O5S/c1-8-10-17-30(25(33)21(16-18-36-7)29-26(34)35-27(4,5)6)23(20-14-11-12-15-22(20)31)24(32)28-19(3)13-9-2/h11-12,14-15,19,21,23,31H,8-10,13,16-18H2,1-7H3,(H,28,32)(H,29,34). The van der Waals surface area contributed by atoms with Crippen molar-refractivity contribution in [1.29, 1.82) is 0 Å². The van der Waals surface area contributed by atoms with Crippen LogP contribution < -0.4 is 10.6 Å². The summed E-state index contributed by atoms with van der Waals surface area (Å²) in [6.45, 7) is 11.5. The number of amides is 3. The summed E-state index contributed by atoms with van der Waals surface area (Å²) in [5.41, 5.74) is -0.365. The van der Waals surface area contributed by atoms with Crippen LogP contribution in [0.25, 0.3) is 0 Å². The number of nitrogens with one attached hydrogen (secondary N) is 2. The van der Waals surface area contributed by atoms with Gasteiger partial charge in [-0.05, 0) is 65.0 Å². The number of unbranched alkanes of at least 4 members (excludes halogenated alkanes) is 1. The molecule has 3 amide bonds. The molecule has 3 atom stereocenters. The number of hydrogen-bond donors (Lipinski definition) is 3. The molecule has 0 spiro atoms. The molecular weight excluding hydrogens is 478 g/mol. The molecule has 3 N–H and O–H groups in total. The molecule has 0 bridgehead atoms. The molecule has 0 saturated heterocycles. The number of phenols is 1. The molecule has 0 aliphatic heterocycles. The zero-order chi connectivity index (χ0) is 27.3. The van der Waals surface area contributed by atoms with E-state index in [1.54, 1.807) is 50.7 Å². The van der Waals surface area contributed by atoms with Gasteiger partial charge in [0, 0.05) is 18.2 Å². The lowest BCUT2D eigenvalue weighted by Gasteiger charge is -2.35. The van der Waals surface area contributed by atoms with E-state index in [4.69, 9.17) is 4.74 Å². The lowest BCUT2D eigenvalue weighted by atomic mass is 10.00. The Hall–Kier alpha value is -2.42. The third-order valence-corrected chi connectivity index (χ3v) is 6.18. The first-order valence-corrected chi connectivity index (χ1v) is 14.2. The Balaban J connectivity index is 3.45. The highest BCUT2D eigenvalue weighted by Gasteiger charge is 2.37. The minimum Gasteiger partial charge on any atom is -0.508 e. The van der Waals surface area contributed by atoms with E-state index in [9.17, 15) is 19.5 Å². The average molecular weight is 524 g/mol. The van der Waals surface area contributed by atoms with Crippen LogP contribution in [-0.4, -0.2) is 64.2 Å². The predicted octanol–water partition coefficient (Wildman–Crippen LogP) is 5.01. The molecule has 8 nitrogen and oxygen atoms in total. The number of aromatic hydroxyl groups is 1. The Kier molecular flexibility index (Phi) is 13.7. The molecule has 0 aromatic heterocycles. The van der Waals surface area contributed by atoms with Crippen molar-refractivity contribution in [2.75, 3.05) is 18.6 Å². The van der Waals surface area contributed by atoms with Gasteiger partial charge in [0.15, 0.2) is 0 Å². The number of hydrogen-bond acceptors (Lipinski definition) is 6. The van der Waals surface area contributed by atoms with E-state index in [1.807, 2.05) is 27.0 Å². The Bertz CT molecular complexity index is 843. The first kappa shape index (κ1) is 31.6. The van der Waals surface area contributed by atoms with E-state index in [0.29, 0.717) is 30.7 Å². The molecule has 3 unspecified atom stereocenters. The van der Waals surface area contributed by atoms with E-state index in [2.05, 4.69) is 10.6 Å². The maximum atomic E-state index is 14.0. The van der Waals surface area contributed by atoms with Gasteiger partial charge in [-0.1, -0.05) is 44.9 Å². The zero-order valence-electron chi connectivity index (χ0n) is 22.9. The van der Waals surface area contributed by atoms with Gasteiger partial charge in [0.2, 0.25) is 11.8 Å². The van der Waals surface area contributed by atoms with Crippen molar-refractivity contribution in [3.8, 4) is 5.75 Å². The molecule has 0 aliphatic rings. The first-order valence-electron chi connectivity index (χ1n) is 12.8. The molecule has 0 saturated carbocycles. The Morgan fingerprint density at radius 1 is 1.08 bits per heavy atom. The number of ether oxygens (including phenoxy) is 1. The van der Waals surface area contributed by atoms with E-state index >= 15 is 0 Å². The summed E-state index contributed by atoms with van der Waals surface area (Å²) in [7, 11) is 0. The van der Waals surface area contributed by atoms with Crippen LogP contribution in [0.2, 0.25) is 0 Å². The third-order valence-electron chi connectivity index (χ3n) is 5.54. The molecule has 1 aromatic carbocycles. The molecule has 1 aromatic rings. The van der Waals surface area contributed by atoms with Crippen molar-refractivity contribution in [3.63, 3.8) is 0 Å². The molecule has 204 valence electrons. The number of rotatable bonds is 14. The second-order valence-corrected chi connectivity index (χ2v) is 11.0. The summed E-state index contributed by atoms with van der Waals surface area (Å²) >= 11 is 1.56. The fourth-order valence-electron chi connectivity index (χ4n) is 3.83. The van der Waals surface area contributed by atoms with Crippen molar-refractivity contribution >= 4 is 29.7 Å². The smallest absolute Gasteiger partial charge is 0.408 e. The highest BCUT2D eigenvalue weighted by Crippen LogP contribution is 2.30. The Labute approximate surface area is 220 Å². The molecule has 0 radical (unpaired) electrons. The van der Waals surface area contributed by atoms with Crippen molar-refractivity contribution in [1.82, 2.24) is 15.5 Å². The van der Waals surface area contributed by atoms with Crippen LogP contribution in [0.5, 0.6) is 5.75 Å². The van der Waals surface area contributed by atoms with Crippen LogP contribution in [0.3, 0.4) is 0 Å². The fourth-order valence-corrected chi connectivity index (χ4v) is 4.31. The van der Waals surface area contributed by atoms with Crippen LogP contribution in [0, 0.1) is 0 Å². The number of nitrogens with zero attached hydrogens (tertiary/aromatic N) is 1. The second kappa shape index (κ2) is 15.6. The van der Waals surface area contributed by atoms with Gasteiger partial charge < -0.3 is 25.4 Å². The van der Waals surface area contributed by atoms with E-state index < -0.39 is 23.8 Å². The highest BCUT2D eigenvalue weighted by molar-refractivity contribution is 7.98. The van der Waals surface area contributed by atoms with Gasteiger partial charge in [-0.15, -0.1) is 0 Å². The molecule has 0 aliphatic carbocycles. The molecule has 0 heterocycles. The number of alkyl carbamates (subject to hydrolysis) is 1.